The Hall–Kier alpha value is -2.34. The fraction of sp³-hybridized carbons (Fsp3) is 0.500. The summed E-state index contributed by atoms with van der Waals surface area (Å²) < 4.78 is 2.07. The van der Waals surface area contributed by atoms with Gasteiger partial charge in [-0.05, 0) is 26.2 Å². The highest BCUT2D eigenvalue weighted by atomic mass is 15.3. The third-order valence-electron chi connectivity index (χ3n) is 5.77. The van der Waals surface area contributed by atoms with E-state index in [0.29, 0.717) is 12.1 Å². The second-order valence-electron chi connectivity index (χ2n) is 7.60. The van der Waals surface area contributed by atoms with E-state index < -0.39 is 0 Å². The molecule has 1 saturated heterocycles. The van der Waals surface area contributed by atoms with Gasteiger partial charge in [-0.3, -0.25) is 4.90 Å². The summed E-state index contributed by atoms with van der Waals surface area (Å²) in [5.74, 6) is 0.948. The van der Waals surface area contributed by atoms with Crippen molar-refractivity contribution in [2.75, 3.05) is 0 Å². The van der Waals surface area contributed by atoms with Crippen molar-refractivity contribution in [3.8, 4) is 0 Å². The third-order valence-corrected chi connectivity index (χ3v) is 5.77. The van der Waals surface area contributed by atoms with Crippen LogP contribution in [0.3, 0.4) is 0 Å². The number of rotatable bonds is 4. The molecular formula is C20H24N6. The molecule has 26 heavy (non-hydrogen) atoms. The standard InChI is InChI=1S/C20H24N6/c1-3-4-19-21-9-14(10-22-19)12-25-15-5-6-17(25)16-11-23-20-7-13(2)24-26(20)18(16)8-15/h7,9-11,15,17H,3-6,8,12H2,1-2H3. The third kappa shape index (κ3) is 2.51. The quantitative estimate of drug-likeness (QED) is 0.725. The highest BCUT2D eigenvalue weighted by Gasteiger charge is 2.41. The lowest BCUT2D eigenvalue weighted by Gasteiger charge is -2.36. The van der Waals surface area contributed by atoms with Crippen molar-refractivity contribution < 1.29 is 0 Å². The molecule has 2 aliphatic rings. The number of nitrogens with zero attached hydrogens (tertiary/aromatic N) is 6. The van der Waals surface area contributed by atoms with Crippen LogP contribution in [0.5, 0.6) is 0 Å². The van der Waals surface area contributed by atoms with Crippen molar-refractivity contribution >= 4 is 5.65 Å². The van der Waals surface area contributed by atoms with Crippen LogP contribution in [0.2, 0.25) is 0 Å². The first-order chi connectivity index (χ1) is 12.7. The van der Waals surface area contributed by atoms with Crippen molar-refractivity contribution in [1.29, 1.82) is 0 Å². The fourth-order valence-electron chi connectivity index (χ4n) is 4.57. The van der Waals surface area contributed by atoms with E-state index in [9.17, 15) is 0 Å². The van der Waals surface area contributed by atoms with Crippen molar-refractivity contribution in [1.82, 2.24) is 29.5 Å². The minimum absolute atomic E-state index is 0.431. The normalized spacial score (nSPS) is 22.1. The van der Waals surface area contributed by atoms with Crippen molar-refractivity contribution in [2.24, 2.45) is 0 Å². The first kappa shape index (κ1) is 15.9. The Balaban J connectivity index is 1.45. The lowest BCUT2D eigenvalue weighted by atomic mass is 9.98. The van der Waals surface area contributed by atoms with E-state index in [0.717, 1.165) is 43.0 Å². The van der Waals surface area contributed by atoms with Gasteiger partial charge >= 0.3 is 0 Å². The molecule has 0 spiro atoms. The molecule has 0 N–H and O–H groups in total. The summed E-state index contributed by atoms with van der Waals surface area (Å²) in [4.78, 5) is 16.3. The Morgan fingerprint density at radius 2 is 1.96 bits per heavy atom. The van der Waals surface area contributed by atoms with Crippen LogP contribution in [-0.4, -0.2) is 35.5 Å². The molecule has 2 unspecified atom stereocenters. The zero-order valence-corrected chi connectivity index (χ0v) is 15.4. The van der Waals surface area contributed by atoms with Crippen LogP contribution in [0.1, 0.15) is 60.6 Å². The Morgan fingerprint density at radius 1 is 1.12 bits per heavy atom. The van der Waals surface area contributed by atoms with Crippen molar-refractivity contribution in [3.63, 3.8) is 0 Å². The number of hydrogen-bond acceptors (Lipinski definition) is 5. The van der Waals surface area contributed by atoms with Gasteiger partial charge in [-0.1, -0.05) is 6.92 Å². The minimum atomic E-state index is 0.431. The topological polar surface area (TPSA) is 59.2 Å². The van der Waals surface area contributed by atoms with Crippen LogP contribution in [0.25, 0.3) is 5.65 Å². The number of fused-ring (bicyclic) bond motifs is 6. The Morgan fingerprint density at radius 3 is 2.77 bits per heavy atom. The van der Waals surface area contributed by atoms with E-state index in [1.54, 1.807) is 0 Å². The maximum Gasteiger partial charge on any atom is 0.155 e. The second-order valence-corrected chi connectivity index (χ2v) is 7.60. The van der Waals surface area contributed by atoms with Crippen LogP contribution in [0.15, 0.2) is 24.7 Å². The molecule has 6 heteroatoms. The molecule has 0 amide bonds. The number of aryl methyl sites for hydroxylation is 2. The highest BCUT2D eigenvalue weighted by Crippen LogP contribution is 2.44. The summed E-state index contributed by atoms with van der Waals surface area (Å²) in [6.07, 6.45) is 11.6. The maximum atomic E-state index is 4.67. The van der Waals surface area contributed by atoms with E-state index >= 15 is 0 Å². The zero-order valence-electron chi connectivity index (χ0n) is 15.4. The second kappa shape index (κ2) is 6.13. The van der Waals surface area contributed by atoms with E-state index in [1.165, 1.54) is 29.7 Å². The van der Waals surface area contributed by atoms with Gasteiger partial charge in [0.1, 0.15) is 5.82 Å². The summed E-state index contributed by atoms with van der Waals surface area (Å²) >= 11 is 0. The van der Waals surface area contributed by atoms with E-state index in [2.05, 4.69) is 48.7 Å². The molecule has 0 saturated carbocycles. The monoisotopic (exact) mass is 348 g/mol. The minimum Gasteiger partial charge on any atom is -0.289 e. The van der Waals surface area contributed by atoms with Crippen LogP contribution >= 0.6 is 0 Å². The Labute approximate surface area is 153 Å². The summed E-state index contributed by atoms with van der Waals surface area (Å²) in [5, 5.41) is 4.67. The van der Waals surface area contributed by atoms with Gasteiger partial charge in [0.15, 0.2) is 5.65 Å². The molecule has 2 aliphatic heterocycles. The predicted molar refractivity (Wildman–Crippen MR) is 98.8 cm³/mol. The molecule has 0 aliphatic carbocycles. The lowest BCUT2D eigenvalue weighted by molar-refractivity contribution is 0.164. The molecular weight excluding hydrogens is 324 g/mol. The molecule has 3 aromatic heterocycles. The first-order valence-corrected chi connectivity index (χ1v) is 9.62. The van der Waals surface area contributed by atoms with Crippen LogP contribution in [0, 0.1) is 6.92 Å². The Bertz CT molecular complexity index is 945. The predicted octanol–water partition coefficient (Wildman–Crippen LogP) is 3.04. The molecule has 0 aromatic carbocycles. The van der Waals surface area contributed by atoms with E-state index in [-0.39, 0.29) is 0 Å². The van der Waals surface area contributed by atoms with Gasteiger partial charge in [0, 0.05) is 67.3 Å². The number of hydrogen-bond donors (Lipinski definition) is 0. The molecule has 5 heterocycles. The summed E-state index contributed by atoms with van der Waals surface area (Å²) in [6, 6.07) is 3.06. The molecule has 2 atom stereocenters. The van der Waals surface area contributed by atoms with Crippen molar-refractivity contribution in [2.45, 2.75) is 64.6 Å². The summed E-state index contributed by atoms with van der Waals surface area (Å²) in [6.45, 7) is 5.11. The average Bonchev–Trinajstić information content (AvgIpc) is 3.15. The van der Waals surface area contributed by atoms with E-state index in [4.69, 9.17) is 0 Å². The van der Waals surface area contributed by atoms with Gasteiger partial charge in [0.05, 0.1) is 11.4 Å². The average molecular weight is 348 g/mol. The molecule has 0 radical (unpaired) electrons. The van der Waals surface area contributed by atoms with Crippen LogP contribution < -0.4 is 0 Å². The van der Waals surface area contributed by atoms with Gasteiger partial charge < -0.3 is 0 Å². The molecule has 6 nitrogen and oxygen atoms in total. The van der Waals surface area contributed by atoms with Gasteiger partial charge in [-0.15, -0.1) is 0 Å². The largest absolute Gasteiger partial charge is 0.289 e. The van der Waals surface area contributed by atoms with Gasteiger partial charge in [-0.2, -0.15) is 5.10 Å². The highest BCUT2D eigenvalue weighted by molar-refractivity contribution is 5.44. The maximum absolute atomic E-state index is 4.67. The van der Waals surface area contributed by atoms with Gasteiger partial charge in [0.25, 0.3) is 0 Å². The molecule has 134 valence electrons. The molecule has 5 rings (SSSR count). The van der Waals surface area contributed by atoms with Gasteiger partial charge in [-0.25, -0.2) is 19.5 Å². The summed E-state index contributed by atoms with van der Waals surface area (Å²) in [5.41, 5.74) is 5.90. The summed E-state index contributed by atoms with van der Waals surface area (Å²) in [7, 11) is 0. The lowest BCUT2D eigenvalue weighted by Crippen LogP contribution is -2.38. The Kier molecular flexibility index (Phi) is 3.74. The van der Waals surface area contributed by atoms with Crippen LogP contribution in [0.4, 0.5) is 0 Å². The zero-order chi connectivity index (χ0) is 17.7. The molecule has 3 aromatic rings. The molecule has 2 bridgehead atoms. The molecule has 1 fully saturated rings. The number of aromatic nitrogens is 5. The van der Waals surface area contributed by atoms with Crippen LogP contribution in [-0.2, 0) is 19.4 Å². The SMILES string of the molecule is CCCc1ncc(CN2C3CCC2c2cnc4cc(C)nn4c2C3)cn1. The fourth-order valence-corrected chi connectivity index (χ4v) is 4.57. The van der Waals surface area contributed by atoms with E-state index in [1.807, 2.05) is 19.3 Å². The first-order valence-electron chi connectivity index (χ1n) is 9.62. The van der Waals surface area contributed by atoms with Crippen molar-refractivity contribution in [3.05, 3.63) is 53.0 Å². The van der Waals surface area contributed by atoms with Gasteiger partial charge in [0.2, 0.25) is 0 Å². The smallest absolute Gasteiger partial charge is 0.155 e.